The first-order valence-corrected chi connectivity index (χ1v) is 6.05. The Labute approximate surface area is 102 Å². The van der Waals surface area contributed by atoms with E-state index >= 15 is 0 Å². The highest BCUT2D eigenvalue weighted by atomic mass is 32.1. The van der Waals surface area contributed by atoms with E-state index in [4.69, 9.17) is 10.2 Å². The van der Waals surface area contributed by atoms with Crippen molar-refractivity contribution in [1.29, 1.82) is 0 Å². The number of oxazole rings is 1. The molecule has 0 bridgehead atoms. The van der Waals surface area contributed by atoms with Crippen LogP contribution in [0.15, 0.2) is 22.6 Å². The summed E-state index contributed by atoms with van der Waals surface area (Å²) in [5, 5.41) is 0.851. The van der Waals surface area contributed by atoms with Crippen molar-refractivity contribution in [2.45, 2.75) is 13.8 Å². The van der Waals surface area contributed by atoms with E-state index in [0.29, 0.717) is 5.89 Å². The normalized spacial score (nSPS) is 11.2. The van der Waals surface area contributed by atoms with E-state index in [1.165, 1.54) is 0 Å². The zero-order valence-corrected chi connectivity index (χ0v) is 10.3. The van der Waals surface area contributed by atoms with Crippen LogP contribution < -0.4 is 5.73 Å². The molecule has 0 atom stereocenters. The number of hydrogen-bond acceptors (Lipinski definition) is 5. The molecule has 0 saturated carbocycles. The molecule has 2 heterocycles. The average Bonchev–Trinajstić information content (AvgIpc) is 2.80. The smallest absolute Gasteiger partial charge is 0.192 e. The first-order chi connectivity index (χ1) is 8.13. The molecule has 0 saturated heterocycles. The molecule has 0 fully saturated rings. The molecule has 1 aromatic carbocycles. The van der Waals surface area contributed by atoms with E-state index in [9.17, 15) is 0 Å². The van der Waals surface area contributed by atoms with Gasteiger partial charge in [0.1, 0.15) is 0 Å². The number of thiazole rings is 1. The summed E-state index contributed by atoms with van der Waals surface area (Å²) in [6.45, 7) is 3.76. The lowest BCUT2D eigenvalue weighted by molar-refractivity contribution is 0.534. The molecule has 5 heteroatoms. The van der Waals surface area contributed by atoms with Crippen LogP contribution in [0.1, 0.15) is 11.6 Å². The molecule has 3 rings (SSSR count). The Morgan fingerprint density at radius 2 is 2.06 bits per heavy atom. The molecule has 0 aliphatic heterocycles. The fourth-order valence-corrected chi connectivity index (χ4v) is 2.82. The molecule has 2 N–H and O–H groups in total. The first-order valence-electron chi connectivity index (χ1n) is 5.24. The summed E-state index contributed by atoms with van der Waals surface area (Å²) in [6.07, 6.45) is 0. The second kappa shape index (κ2) is 3.56. The van der Waals surface area contributed by atoms with Gasteiger partial charge in [0.15, 0.2) is 16.7 Å². The molecule has 17 heavy (non-hydrogen) atoms. The van der Waals surface area contributed by atoms with Crippen molar-refractivity contribution in [2.75, 3.05) is 5.73 Å². The minimum absolute atomic E-state index is 0.663. The van der Waals surface area contributed by atoms with Crippen LogP contribution in [0.3, 0.4) is 0 Å². The number of nitrogens with two attached hydrogens (primary N) is 1. The van der Waals surface area contributed by atoms with Crippen molar-refractivity contribution in [3.8, 4) is 10.8 Å². The quantitative estimate of drug-likeness (QED) is 0.669. The van der Waals surface area contributed by atoms with Gasteiger partial charge in [0.25, 0.3) is 0 Å². The van der Waals surface area contributed by atoms with Crippen LogP contribution in [-0.2, 0) is 0 Å². The minimum Gasteiger partial charge on any atom is -0.438 e. The van der Waals surface area contributed by atoms with Gasteiger partial charge in [-0.2, -0.15) is 0 Å². The Bertz CT molecular complexity index is 699. The fraction of sp³-hybridized carbons (Fsp3) is 0.167. The summed E-state index contributed by atoms with van der Waals surface area (Å²) in [7, 11) is 0. The van der Waals surface area contributed by atoms with Crippen LogP contribution in [0.2, 0.25) is 0 Å². The van der Waals surface area contributed by atoms with Crippen molar-refractivity contribution in [3.63, 3.8) is 0 Å². The van der Waals surface area contributed by atoms with Gasteiger partial charge in [-0.25, -0.2) is 9.97 Å². The Morgan fingerprint density at radius 3 is 2.76 bits per heavy atom. The van der Waals surface area contributed by atoms with Crippen LogP contribution >= 0.6 is 11.3 Å². The van der Waals surface area contributed by atoms with Gasteiger partial charge < -0.3 is 10.2 Å². The van der Waals surface area contributed by atoms with Gasteiger partial charge in [-0.05, 0) is 25.1 Å². The number of fused-ring (bicyclic) bond motifs is 1. The number of anilines is 1. The highest BCUT2D eigenvalue weighted by Gasteiger charge is 2.14. The lowest BCUT2D eigenvalue weighted by atomic mass is 10.3. The second-order valence-corrected chi connectivity index (χ2v) is 4.92. The second-order valence-electron chi connectivity index (χ2n) is 3.89. The van der Waals surface area contributed by atoms with Crippen LogP contribution in [0.5, 0.6) is 0 Å². The third-order valence-electron chi connectivity index (χ3n) is 2.51. The van der Waals surface area contributed by atoms with Crippen molar-refractivity contribution in [2.24, 2.45) is 0 Å². The maximum Gasteiger partial charge on any atom is 0.192 e. The van der Waals surface area contributed by atoms with E-state index in [1.807, 2.05) is 32.0 Å². The highest BCUT2D eigenvalue weighted by molar-refractivity contribution is 7.21. The largest absolute Gasteiger partial charge is 0.438 e. The number of nitrogens with zero attached hydrogens (tertiary/aromatic N) is 2. The SMILES string of the molecule is Cc1nc(C)c(-c2nc3ccc(N)cc3s2)o1. The van der Waals surface area contributed by atoms with Gasteiger partial charge in [-0.15, -0.1) is 11.3 Å². The Morgan fingerprint density at radius 1 is 1.24 bits per heavy atom. The van der Waals surface area contributed by atoms with E-state index in [-0.39, 0.29) is 0 Å². The predicted octanol–water partition coefficient (Wildman–Crippen LogP) is 3.15. The van der Waals surface area contributed by atoms with Gasteiger partial charge in [0.05, 0.1) is 15.9 Å². The lowest BCUT2D eigenvalue weighted by Gasteiger charge is -1.89. The molecule has 2 aromatic heterocycles. The molecule has 0 aliphatic rings. The van der Waals surface area contributed by atoms with Crippen molar-refractivity contribution >= 4 is 27.2 Å². The molecule has 0 radical (unpaired) electrons. The zero-order chi connectivity index (χ0) is 12.0. The van der Waals surface area contributed by atoms with Gasteiger partial charge in [-0.1, -0.05) is 0 Å². The number of hydrogen-bond donors (Lipinski definition) is 1. The van der Waals surface area contributed by atoms with Crippen LogP contribution in [-0.4, -0.2) is 9.97 Å². The predicted molar refractivity (Wildman–Crippen MR) is 69.0 cm³/mol. The molecule has 3 aromatic rings. The third kappa shape index (κ3) is 1.68. The maximum absolute atomic E-state index is 5.75. The minimum atomic E-state index is 0.663. The number of benzene rings is 1. The summed E-state index contributed by atoms with van der Waals surface area (Å²) in [5.41, 5.74) is 8.30. The van der Waals surface area contributed by atoms with Crippen molar-refractivity contribution in [3.05, 3.63) is 29.8 Å². The summed E-state index contributed by atoms with van der Waals surface area (Å²) < 4.78 is 6.63. The molecule has 0 spiro atoms. The van der Waals surface area contributed by atoms with E-state index in [0.717, 1.165) is 32.4 Å². The number of rotatable bonds is 1. The molecular formula is C12H11N3OS. The van der Waals surface area contributed by atoms with Crippen molar-refractivity contribution < 1.29 is 4.42 Å². The number of nitrogen functional groups attached to an aromatic ring is 1. The molecule has 0 aliphatic carbocycles. The van der Waals surface area contributed by atoms with Crippen LogP contribution in [0.25, 0.3) is 21.0 Å². The lowest BCUT2D eigenvalue weighted by Crippen LogP contribution is -1.81. The monoisotopic (exact) mass is 245 g/mol. The molecular weight excluding hydrogens is 234 g/mol. The Hall–Kier alpha value is -1.88. The van der Waals surface area contributed by atoms with Crippen LogP contribution in [0.4, 0.5) is 5.69 Å². The van der Waals surface area contributed by atoms with Crippen molar-refractivity contribution in [1.82, 2.24) is 9.97 Å². The standard InChI is InChI=1S/C12H11N3OS/c1-6-11(16-7(2)14-6)12-15-9-4-3-8(13)5-10(9)17-12/h3-5H,13H2,1-2H3. The maximum atomic E-state index is 5.75. The Kier molecular flexibility index (Phi) is 2.16. The number of aromatic nitrogens is 2. The molecule has 4 nitrogen and oxygen atoms in total. The zero-order valence-electron chi connectivity index (χ0n) is 9.52. The molecule has 86 valence electrons. The molecule has 0 unspecified atom stereocenters. The molecule has 0 amide bonds. The summed E-state index contributed by atoms with van der Waals surface area (Å²) in [5.74, 6) is 1.42. The summed E-state index contributed by atoms with van der Waals surface area (Å²) in [4.78, 5) is 8.78. The van der Waals surface area contributed by atoms with E-state index in [2.05, 4.69) is 9.97 Å². The van der Waals surface area contributed by atoms with Gasteiger partial charge in [-0.3, -0.25) is 0 Å². The van der Waals surface area contributed by atoms with E-state index < -0.39 is 0 Å². The summed E-state index contributed by atoms with van der Waals surface area (Å²) in [6, 6.07) is 5.70. The fourth-order valence-electron chi connectivity index (χ4n) is 1.77. The van der Waals surface area contributed by atoms with Gasteiger partial charge in [0, 0.05) is 12.6 Å². The highest BCUT2D eigenvalue weighted by Crippen LogP contribution is 2.33. The average molecular weight is 245 g/mol. The topological polar surface area (TPSA) is 64.9 Å². The van der Waals surface area contributed by atoms with Gasteiger partial charge in [0.2, 0.25) is 0 Å². The third-order valence-corrected chi connectivity index (χ3v) is 3.53. The number of aryl methyl sites for hydroxylation is 2. The van der Waals surface area contributed by atoms with Gasteiger partial charge >= 0.3 is 0 Å². The Balaban J connectivity index is 2.21. The first kappa shape index (κ1) is 10.3. The van der Waals surface area contributed by atoms with Crippen LogP contribution in [0, 0.1) is 13.8 Å². The summed E-state index contributed by atoms with van der Waals surface area (Å²) >= 11 is 1.57. The van der Waals surface area contributed by atoms with E-state index in [1.54, 1.807) is 11.3 Å².